The van der Waals surface area contributed by atoms with E-state index in [4.69, 9.17) is 4.74 Å². The van der Waals surface area contributed by atoms with Crippen LogP contribution in [0, 0.1) is 5.92 Å². The van der Waals surface area contributed by atoms with Crippen LogP contribution in [0.4, 0.5) is 5.69 Å². The monoisotopic (exact) mass is 359 g/mol. The molecule has 0 spiro atoms. The molecule has 2 aliphatic rings. The molecule has 6 heteroatoms. The normalized spacial score (nSPS) is 18.7. The highest BCUT2D eigenvalue weighted by Crippen LogP contribution is 2.28. The second-order valence-electron chi connectivity index (χ2n) is 7.43. The zero-order valence-corrected chi connectivity index (χ0v) is 16.0. The lowest BCUT2D eigenvalue weighted by Crippen LogP contribution is -2.51. The zero-order valence-electron chi connectivity index (χ0n) is 16.0. The molecule has 1 aromatic carbocycles. The van der Waals surface area contributed by atoms with Gasteiger partial charge in [-0.05, 0) is 36.1 Å². The van der Waals surface area contributed by atoms with Crippen LogP contribution in [0.25, 0.3) is 0 Å². The topological polar surface area (TPSA) is 61.9 Å². The number of carbonyl (C=O) groups excluding carboxylic acids is 2. The number of hydrogen-bond donors (Lipinski definition) is 1. The Kier molecular flexibility index (Phi) is 5.94. The standard InChI is InChI=1S/C20H29N3O3/c1-14(2)19(22-8-10-26-11-9-22)13-21-20(25)17-4-5-18-16(12-17)6-7-23(18)15(3)24/h4-5,12,14,19H,6-11,13H2,1-3H3,(H,21,25). The van der Waals surface area contributed by atoms with E-state index in [9.17, 15) is 9.59 Å². The summed E-state index contributed by atoms with van der Waals surface area (Å²) in [5, 5.41) is 3.10. The Morgan fingerprint density at radius 1 is 1.19 bits per heavy atom. The molecule has 0 bridgehead atoms. The minimum atomic E-state index is -0.0482. The maximum Gasteiger partial charge on any atom is 0.251 e. The Bertz CT molecular complexity index is 668. The average molecular weight is 359 g/mol. The van der Waals surface area contributed by atoms with Gasteiger partial charge in [0.1, 0.15) is 0 Å². The SMILES string of the molecule is CC(=O)N1CCc2cc(C(=O)NCC(C(C)C)N3CCOCC3)ccc21. The van der Waals surface area contributed by atoms with Crippen molar-refractivity contribution in [3.63, 3.8) is 0 Å². The third-order valence-electron chi connectivity index (χ3n) is 5.37. The lowest BCUT2D eigenvalue weighted by Gasteiger charge is -2.36. The highest BCUT2D eigenvalue weighted by atomic mass is 16.5. The fraction of sp³-hybridized carbons (Fsp3) is 0.600. The van der Waals surface area contributed by atoms with Gasteiger partial charge in [-0.3, -0.25) is 14.5 Å². The molecule has 2 amide bonds. The molecule has 3 rings (SSSR count). The maximum atomic E-state index is 12.6. The number of hydrogen-bond acceptors (Lipinski definition) is 4. The van der Waals surface area contributed by atoms with Crippen LogP contribution >= 0.6 is 0 Å². The van der Waals surface area contributed by atoms with Gasteiger partial charge in [0.05, 0.1) is 13.2 Å². The van der Waals surface area contributed by atoms with Crippen LogP contribution in [0.15, 0.2) is 18.2 Å². The summed E-state index contributed by atoms with van der Waals surface area (Å²) >= 11 is 0. The van der Waals surface area contributed by atoms with E-state index in [0.717, 1.165) is 44.0 Å². The molecule has 1 atom stereocenters. The van der Waals surface area contributed by atoms with Crippen LogP contribution in [-0.2, 0) is 16.0 Å². The summed E-state index contributed by atoms with van der Waals surface area (Å²) in [4.78, 5) is 28.5. The molecule has 6 nitrogen and oxygen atoms in total. The minimum Gasteiger partial charge on any atom is -0.379 e. The Labute approximate surface area is 155 Å². The largest absolute Gasteiger partial charge is 0.379 e. The fourth-order valence-electron chi connectivity index (χ4n) is 3.86. The van der Waals surface area contributed by atoms with E-state index < -0.39 is 0 Å². The van der Waals surface area contributed by atoms with Crippen molar-refractivity contribution in [3.8, 4) is 0 Å². The molecule has 0 radical (unpaired) electrons. The summed E-state index contributed by atoms with van der Waals surface area (Å²) < 4.78 is 5.44. The number of amides is 2. The van der Waals surface area contributed by atoms with Crippen LogP contribution in [0.2, 0.25) is 0 Å². The van der Waals surface area contributed by atoms with Gasteiger partial charge in [-0.1, -0.05) is 13.8 Å². The van der Waals surface area contributed by atoms with Gasteiger partial charge in [-0.25, -0.2) is 0 Å². The highest BCUT2D eigenvalue weighted by molar-refractivity contribution is 5.97. The summed E-state index contributed by atoms with van der Waals surface area (Å²) in [5.41, 5.74) is 2.67. The molecule has 142 valence electrons. The molecule has 1 unspecified atom stereocenters. The Balaban J connectivity index is 1.63. The molecule has 1 fully saturated rings. The second-order valence-corrected chi connectivity index (χ2v) is 7.43. The van der Waals surface area contributed by atoms with E-state index in [1.54, 1.807) is 11.8 Å². The molecule has 1 aromatic rings. The van der Waals surface area contributed by atoms with Crippen molar-refractivity contribution in [2.45, 2.75) is 33.2 Å². The number of carbonyl (C=O) groups is 2. The molecule has 0 saturated carbocycles. The van der Waals surface area contributed by atoms with Gasteiger partial charge in [0.15, 0.2) is 0 Å². The van der Waals surface area contributed by atoms with Crippen LogP contribution in [-0.4, -0.2) is 62.1 Å². The Morgan fingerprint density at radius 2 is 1.92 bits per heavy atom. The van der Waals surface area contributed by atoms with E-state index in [0.29, 0.717) is 30.6 Å². The van der Waals surface area contributed by atoms with E-state index in [1.807, 2.05) is 18.2 Å². The number of ether oxygens (including phenoxy) is 1. The van der Waals surface area contributed by atoms with E-state index in [-0.39, 0.29) is 11.8 Å². The van der Waals surface area contributed by atoms with Gasteiger partial charge in [0.25, 0.3) is 5.91 Å². The smallest absolute Gasteiger partial charge is 0.251 e. The first-order valence-corrected chi connectivity index (χ1v) is 9.48. The third-order valence-corrected chi connectivity index (χ3v) is 5.37. The van der Waals surface area contributed by atoms with Crippen molar-refractivity contribution in [1.29, 1.82) is 0 Å². The second kappa shape index (κ2) is 8.18. The van der Waals surface area contributed by atoms with E-state index >= 15 is 0 Å². The molecule has 2 heterocycles. The molecule has 0 aromatic heterocycles. The summed E-state index contributed by atoms with van der Waals surface area (Å²) in [6, 6.07) is 5.94. The predicted octanol–water partition coefficient (Wildman–Crippen LogP) is 1.68. The number of benzene rings is 1. The van der Waals surface area contributed by atoms with Crippen molar-refractivity contribution in [3.05, 3.63) is 29.3 Å². The first-order valence-electron chi connectivity index (χ1n) is 9.48. The van der Waals surface area contributed by atoms with Gasteiger partial charge < -0.3 is 15.0 Å². The number of anilines is 1. The number of morpholine rings is 1. The highest BCUT2D eigenvalue weighted by Gasteiger charge is 2.26. The van der Waals surface area contributed by atoms with Crippen LogP contribution in [0.5, 0.6) is 0 Å². The summed E-state index contributed by atoms with van der Waals surface area (Å²) in [6.07, 6.45) is 0.804. The van der Waals surface area contributed by atoms with Gasteiger partial charge >= 0.3 is 0 Å². The number of nitrogens with one attached hydrogen (secondary N) is 1. The first kappa shape index (κ1) is 18.9. The van der Waals surface area contributed by atoms with Gasteiger partial charge in [0, 0.05) is 50.4 Å². The molecule has 26 heavy (non-hydrogen) atoms. The van der Waals surface area contributed by atoms with Crippen molar-refractivity contribution < 1.29 is 14.3 Å². The molecule has 1 N–H and O–H groups in total. The van der Waals surface area contributed by atoms with E-state index in [1.165, 1.54) is 0 Å². The van der Waals surface area contributed by atoms with Crippen molar-refractivity contribution >= 4 is 17.5 Å². The first-order chi connectivity index (χ1) is 12.5. The Hall–Kier alpha value is -1.92. The number of fused-ring (bicyclic) bond motifs is 1. The summed E-state index contributed by atoms with van der Waals surface area (Å²) in [5.74, 6) is 0.455. The maximum absolute atomic E-state index is 12.6. The molecular weight excluding hydrogens is 330 g/mol. The van der Waals surface area contributed by atoms with Crippen molar-refractivity contribution in [1.82, 2.24) is 10.2 Å². The van der Waals surface area contributed by atoms with Gasteiger partial charge in [-0.2, -0.15) is 0 Å². The average Bonchev–Trinajstić information content (AvgIpc) is 3.05. The summed E-state index contributed by atoms with van der Waals surface area (Å²) in [7, 11) is 0. The van der Waals surface area contributed by atoms with Crippen LogP contribution in [0.1, 0.15) is 36.7 Å². The molecule has 1 saturated heterocycles. The molecule has 0 aliphatic carbocycles. The van der Waals surface area contributed by atoms with Crippen LogP contribution in [0.3, 0.4) is 0 Å². The molecular formula is C20H29N3O3. The van der Waals surface area contributed by atoms with Crippen molar-refractivity contribution in [2.24, 2.45) is 5.92 Å². The van der Waals surface area contributed by atoms with Crippen molar-refractivity contribution in [2.75, 3.05) is 44.3 Å². The third kappa shape index (κ3) is 4.07. The number of rotatable bonds is 5. The van der Waals surface area contributed by atoms with Crippen LogP contribution < -0.4 is 10.2 Å². The Morgan fingerprint density at radius 3 is 2.58 bits per heavy atom. The fourth-order valence-corrected chi connectivity index (χ4v) is 3.86. The quantitative estimate of drug-likeness (QED) is 0.869. The van der Waals surface area contributed by atoms with Gasteiger partial charge in [0.2, 0.25) is 5.91 Å². The van der Waals surface area contributed by atoms with E-state index in [2.05, 4.69) is 24.1 Å². The predicted molar refractivity (Wildman–Crippen MR) is 102 cm³/mol. The zero-order chi connectivity index (χ0) is 18.7. The molecule has 2 aliphatic heterocycles. The van der Waals surface area contributed by atoms with Gasteiger partial charge in [-0.15, -0.1) is 0 Å². The lowest BCUT2D eigenvalue weighted by atomic mass is 10.0. The summed E-state index contributed by atoms with van der Waals surface area (Å²) in [6.45, 7) is 10.6. The lowest BCUT2D eigenvalue weighted by molar-refractivity contribution is -0.116. The minimum absolute atomic E-state index is 0.0474. The number of nitrogens with zero attached hydrogens (tertiary/aromatic N) is 2.